The fourth-order valence-corrected chi connectivity index (χ4v) is 8.43. The average molecular weight is 588 g/mol. The van der Waals surface area contributed by atoms with Crippen LogP contribution in [0.1, 0.15) is 0 Å². The second-order valence-electron chi connectivity index (χ2n) is 11.6. The van der Waals surface area contributed by atoms with E-state index in [-0.39, 0.29) is 0 Å². The van der Waals surface area contributed by atoms with E-state index in [4.69, 9.17) is 17.8 Å². The molecule has 0 saturated carbocycles. The van der Waals surface area contributed by atoms with Crippen LogP contribution in [0.3, 0.4) is 0 Å². The Kier molecular flexibility index (Phi) is 5.11. The molecule has 0 N–H and O–H groups in total. The standard InChI is InChI=1S/C40H22BN3S/c41-25-20-17-24(18-21-25)37-29-13-5-7-15-31(29)42-40(43-37)44-32-22-19-23-9-1-2-10-26(23)35(32)36-28-12-4-3-11-27(28)34-30-14-6-8-16-33(30)45-39(34)38(36)44/h1-22H. The van der Waals surface area contributed by atoms with Gasteiger partial charge in [-0.05, 0) is 39.7 Å². The summed E-state index contributed by atoms with van der Waals surface area (Å²) in [6, 6.07) is 47.0. The van der Waals surface area contributed by atoms with E-state index in [9.17, 15) is 0 Å². The summed E-state index contributed by atoms with van der Waals surface area (Å²) in [5.41, 5.74) is 5.77. The highest BCUT2D eigenvalue weighted by molar-refractivity contribution is 7.27. The number of thiophene rings is 1. The van der Waals surface area contributed by atoms with Crippen LogP contribution >= 0.6 is 11.3 Å². The first-order chi connectivity index (χ1) is 22.2. The van der Waals surface area contributed by atoms with Gasteiger partial charge in [0.15, 0.2) is 0 Å². The van der Waals surface area contributed by atoms with Crippen molar-refractivity contribution in [2.45, 2.75) is 0 Å². The van der Waals surface area contributed by atoms with E-state index in [1.807, 2.05) is 47.7 Å². The molecule has 3 nitrogen and oxygen atoms in total. The highest BCUT2D eigenvalue weighted by atomic mass is 32.1. The van der Waals surface area contributed by atoms with Crippen molar-refractivity contribution in [1.82, 2.24) is 14.5 Å². The number of hydrogen-bond acceptors (Lipinski definition) is 3. The molecule has 0 spiro atoms. The van der Waals surface area contributed by atoms with Crippen molar-refractivity contribution >= 4 is 99.1 Å². The molecule has 206 valence electrons. The van der Waals surface area contributed by atoms with E-state index in [0.29, 0.717) is 5.95 Å². The zero-order valence-electron chi connectivity index (χ0n) is 24.0. The van der Waals surface area contributed by atoms with Crippen molar-refractivity contribution in [3.05, 3.63) is 133 Å². The summed E-state index contributed by atoms with van der Waals surface area (Å²) >= 11 is 1.85. The molecule has 0 aliphatic heterocycles. The monoisotopic (exact) mass is 587 g/mol. The van der Waals surface area contributed by atoms with E-state index in [2.05, 4.69) is 102 Å². The van der Waals surface area contributed by atoms with Gasteiger partial charge in [-0.15, -0.1) is 11.3 Å². The number of aromatic nitrogens is 3. The number of fused-ring (bicyclic) bond motifs is 13. The summed E-state index contributed by atoms with van der Waals surface area (Å²) in [4.78, 5) is 10.7. The molecule has 0 amide bonds. The summed E-state index contributed by atoms with van der Waals surface area (Å²) in [5, 5.41) is 11.0. The Morgan fingerprint density at radius 2 is 1.20 bits per heavy atom. The Morgan fingerprint density at radius 1 is 0.533 bits per heavy atom. The number of hydrogen-bond donors (Lipinski definition) is 0. The van der Waals surface area contributed by atoms with Gasteiger partial charge in [-0.2, -0.15) is 0 Å². The van der Waals surface area contributed by atoms with Crippen LogP contribution in [-0.4, -0.2) is 22.4 Å². The van der Waals surface area contributed by atoms with Crippen LogP contribution in [0.5, 0.6) is 0 Å². The maximum absolute atomic E-state index is 6.09. The summed E-state index contributed by atoms with van der Waals surface area (Å²) < 4.78 is 4.83. The van der Waals surface area contributed by atoms with Crippen LogP contribution in [-0.2, 0) is 0 Å². The third-order valence-corrected chi connectivity index (χ3v) is 10.3. The average Bonchev–Trinajstić information content (AvgIpc) is 3.65. The molecule has 45 heavy (non-hydrogen) atoms. The van der Waals surface area contributed by atoms with Crippen molar-refractivity contribution < 1.29 is 0 Å². The number of rotatable bonds is 2. The molecule has 10 rings (SSSR count). The van der Waals surface area contributed by atoms with Crippen molar-refractivity contribution in [3.8, 4) is 17.2 Å². The van der Waals surface area contributed by atoms with Crippen molar-refractivity contribution in [2.75, 3.05) is 0 Å². The van der Waals surface area contributed by atoms with Gasteiger partial charge in [0, 0.05) is 37.2 Å². The lowest BCUT2D eigenvalue weighted by Gasteiger charge is -2.13. The summed E-state index contributed by atoms with van der Waals surface area (Å²) in [5.74, 6) is 0.657. The van der Waals surface area contributed by atoms with Crippen molar-refractivity contribution in [2.24, 2.45) is 0 Å². The fraction of sp³-hybridized carbons (Fsp3) is 0. The minimum Gasteiger partial charge on any atom is -0.276 e. The van der Waals surface area contributed by atoms with Crippen molar-refractivity contribution in [1.29, 1.82) is 0 Å². The maximum Gasteiger partial charge on any atom is 0.235 e. The third-order valence-electron chi connectivity index (χ3n) is 9.11. The van der Waals surface area contributed by atoms with E-state index in [1.165, 1.54) is 52.5 Å². The lowest BCUT2D eigenvalue weighted by atomic mass is 9.94. The van der Waals surface area contributed by atoms with E-state index < -0.39 is 0 Å². The SMILES string of the molecule is [B]c1ccc(-c2nc(-n3c4ccc5ccccc5c4c4c5ccccc5c5c6ccccc6sc5c43)nc3ccccc23)cc1. The molecule has 0 aliphatic carbocycles. The first-order valence-corrected chi connectivity index (χ1v) is 15.9. The second-order valence-corrected chi connectivity index (χ2v) is 12.7. The highest BCUT2D eigenvalue weighted by Crippen LogP contribution is 2.49. The molecule has 0 atom stereocenters. The van der Waals surface area contributed by atoms with Crippen LogP contribution < -0.4 is 5.46 Å². The van der Waals surface area contributed by atoms with Gasteiger partial charge in [0.05, 0.1) is 26.9 Å². The first-order valence-electron chi connectivity index (χ1n) is 15.1. The minimum absolute atomic E-state index is 0.657. The normalized spacial score (nSPS) is 12.1. The Labute approximate surface area is 263 Å². The Morgan fingerprint density at radius 3 is 2.02 bits per heavy atom. The third kappa shape index (κ3) is 3.47. The van der Waals surface area contributed by atoms with Crippen LogP contribution in [0.15, 0.2) is 133 Å². The van der Waals surface area contributed by atoms with E-state index >= 15 is 0 Å². The molecule has 0 aliphatic rings. The molecule has 0 bridgehead atoms. The van der Waals surface area contributed by atoms with E-state index in [0.717, 1.165) is 38.7 Å². The van der Waals surface area contributed by atoms with Crippen LogP contribution in [0.4, 0.5) is 0 Å². The van der Waals surface area contributed by atoms with Crippen molar-refractivity contribution in [3.63, 3.8) is 0 Å². The zero-order valence-corrected chi connectivity index (χ0v) is 24.8. The Bertz CT molecular complexity index is 2830. The van der Waals surface area contributed by atoms with E-state index in [1.54, 1.807) is 0 Å². The summed E-state index contributed by atoms with van der Waals surface area (Å²) in [7, 11) is 6.09. The molecule has 0 saturated heterocycles. The molecule has 0 unspecified atom stereocenters. The fourth-order valence-electron chi connectivity index (χ4n) is 7.17. The molecule has 0 fully saturated rings. The van der Waals surface area contributed by atoms with Gasteiger partial charge >= 0.3 is 0 Å². The minimum atomic E-state index is 0.657. The van der Waals surface area contributed by atoms with Gasteiger partial charge in [-0.1, -0.05) is 121 Å². The number of benzene rings is 7. The lowest BCUT2D eigenvalue weighted by Crippen LogP contribution is -2.04. The molecular formula is C40H22BN3S. The van der Waals surface area contributed by atoms with Crippen LogP contribution in [0, 0.1) is 0 Å². The number of para-hydroxylation sites is 1. The van der Waals surface area contributed by atoms with Crippen LogP contribution in [0.25, 0.3) is 91.6 Å². The molecule has 10 aromatic rings. The van der Waals surface area contributed by atoms with Crippen LogP contribution in [0.2, 0.25) is 0 Å². The zero-order chi connectivity index (χ0) is 29.6. The lowest BCUT2D eigenvalue weighted by molar-refractivity contribution is 1.02. The smallest absolute Gasteiger partial charge is 0.235 e. The predicted molar refractivity (Wildman–Crippen MR) is 193 cm³/mol. The quantitative estimate of drug-likeness (QED) is 0.189. The maximum atomic E-state index is 6.09. The summed E-state index contributed by atoms with van der Waals surface area (Å²) in [6.45, 7) is 0. The van der Waals surface area contributed by atoms with Gasteiger partial charge in [-0.3, -0.25) is 4.57 Å². The van der Waals surface area contributed by atoms with Gasteiger partial charge in [-0.25, -0.2) is 9.97 Å². The van der Waals surface area contributed by atoms with Gasteiger partial charge in [0.2, 0.25) is 5.95 Å². The molecule has 7 aromatic carbocycles. The number of nitrogens with zero attached hydrogens (tertiary/aromatic N) is 3. The van der Waals surface area contributed by atoms with Gasteiger partial charge in [0.25, 0.3) is 0 Å². The molecule has 3 heterocycles. The van der Waals surface area contributed by atoms with Gasteiger partial charge in [0.1, 0.15) is 7.85 Å². The summed E-state index contributed by atoms with van der Waals surface area (Å²) in [6.07, 6.45) is 0. The molecule has 2 radical (unpaired) electrons. The Hall–Kier alpha value is -5.52. The predicted octanol–water partition coefficient (Wildman–Crippen LogP) is 9.86. The topological polar surface area (TPSA) is 30.7 Å². The largest absolute Gasteiger partial charge is 0.276 e. The molecule has 5 heteroatoms. The second kappa shape index (κ2) is 9.24. The molecule has 3 aromatic heterocycles. The highest BCUT2D eigenvalue weighted by Gasteiger charge is 2.24. The molecular weight excluding hydrogens is 565 g/mol. The van der Waals surface area contributed by atoms with Gasteiger partial charge < -0.3 is 0 Å². The first kappa shape index (κ1) is 24.9. The Balaban J connectivity index is 1.48.